The van der Waals surface area contributed by atoms with Crippen molar-refractivity contribution < 1.29 is 27.9 Å². The number of hydrogen-bond donors (Lipinski definition) is 1. The molecule has 0 bridgehead atoms. The Balaban J connectivity index is 1.35. The van der Waals surface area contributed by atoms with Crippen LogP contribution in [0.5, 0.6) is 0 Å². The first-order valence-electron chi connectivity index (χ1n) is 11.8. The van der Waals surface area contributed by atoms with E-state index in [-0.39, 0.29) is 36.4 Å². The predicted octanol–water partition coefficient (Wildman–Crippen LogP) is 2.69. The van der Waals surface area contributed by atoms with E-state index in [4.69, 9.17) is 9.15 Å². The molecule has 1 unspecified atom stereocenters. The minimum atomic E-state index is -0.992. The Hall–Kier alpha value is -3.20. The minimum Gasteiger partial charge on any atom is -0.467 e. The SMILES string of the molecule is O=C(NCc1ccco1)C1COC2(CCN(C(=O)C3CCC3)CC2)N1C(=O)c1ccc(F)cc1. The van der Waals surface area contributed by atoms with E-state index in [1.165, 1.54) is 35.4 Å². The molecule has 1 atom stereocenters. The van der Waals surface area contributed by atoms with E-state index in [0.29, 0.717) is 31.7 Å². The van der Waals surface area contributed by atoms with E-state index in [0.717, 1.165) is 19.3 Å². The largest absolute Gasteiger partial charge is 0.467 e. The van der Waals surface area contributed by atoms with Gasteiger partial charge in [-0.25, -0.2) is 4.39 Å². The van der Waals surface area contributed by atoms with E-state index in [2.05, 4.69) is 5.32 Å². The van der Waals surface area contributed by atoms with Crippen molar-refractivity contribution in [2.24, 2.45) is 5.92 Å². The lowest BCUT2D eigenvalue weighted by atomic mass is 9.83. The van der Waals surface area contributed by atoms with Gasteiger partial charge in [-0.15, -0.1) is 0 Å². The number of piperidine rings is 1. The number of likely N-dealkylation sites (tertiary alicyclic amines) is 1. The van der Waals surface area contributed by atoms with E-state index in [1.54, 1.807) is 12.1 Å². The summed E-state index contributed by atoms with van der Waals surface area (Å²) < 4.78 is 24.9. The van der Waals surface area contributed by atoms with E-state index < -0.39 is 23.5 Å². The lowest BCUT2D eigenvalue weighted by molar-refractivity contribution is -0.149. The maximum atomic E-state index is 13.6. The Morgan fingerprint density at radius 2 is 1.82 bits per heavy atom. The summed E-state index contributed by atoms with van der Waals surface area (Å²) in [5.74, 6) is -0.314. The number of nitrogens with one attached hydrogen (secondary N) is 1. The molecule has 8 nitrogen and oxygen atoms in total. The van der Waals surface area contributed by atoms with Gasteiger partial charge in [-0.1, -0.05) is 6.42 Å². The fraction of sp³-hybridized carbons (Fsp3) is 0.480. The molecule has 5 rings (SSSR count). The van der Waals surface area contributed by atoms with Gasteiger partial charge in [-0.2, -0.15) is 0 Å². The first-order chi connectivity index (χ1) is 16.5. The summed E-state index contributed by atoms with van der Waals surface area (Å²) in [7, 11) is 0. The number of halogens is 1. The van der Waals surface area contributed by atoms with Crippen molar-refractivity contribution in [2.45, 2.75) is 50.4 Å². The van der Waals surface area contributed by atoms with Crippen LogP contribution in [0.4, 0.5) is 4.39 Å². The second-order valence-corrected chi connectivity index (χ2v) is 9.21. The average molecular weight is 470 g/mol. The van der Waals surface area contributed by atoms with Gasteiger partial charge >= 0.3 is 0 Å². The van der Waals surface area contributed by atoms with Gasteiger partial charge in [0.1, 0.15) is 23.3 Å². The van der Waals surface area contributed by atoms with Crippen molar-refractivity contribution in [2.75, 3.05) is 19.7 Å². The van der Waals surface area contributed by atoms with E-state index >= 15 is 0 Å². The Morgan fingerprint density at radius 1 is 1.09 bits per heavy atom. The minimum absolute atomic E-state index is 0.0491. The van der Waals surface area contributed by atoms with Gasteiger partial charge in [0.2, 0.25) is 11.8 Å². The Bertz CT molecular complexity index is 1040. The van der Waals surface area contributed by atoms with Crippen molar-refractivity contribution in [1.82, 2.24) is 15.1 Å². The molecule has 3 heterocycles. The molecule has 180 valence electrons. The van der Waals surface area contributed by atoms with Crippen molar-refractivity contribution in [3.8, 4) is 0 Å². The van der Waals surface area contributed by atoms with Crippen LogP contribution in [-0.2, 0) is 20.9 Å². The van der Waals surface area contributed by atoms with Gasteiger partial charge in [-0.05, 0) is 49.2 Å². The molecule has 2 aromatic rings. The summed E-state index contributed by atoms with van der Waals surface area (Å²) in [6.45, 7) is 1.16. The zero-order valence-corrected chi connectivity index (χ0v) is 18.9. The summed E-state index contributed by atoms with van der Waals surface area (Å²) >= 11 is 0. The smallest absolute Gasteiger partial charge is 0.256 e. The van der Waals surface area contributed by atoms with Crippen molar-refractivity contribution in [1.29, 1.82) is 0 Å². The quantitative estimate of drug-likeness (QED) is 0.727. The second kappa shape index (κ2) is 9.21. The summed E-state index contributed by atoms with van der Waals surface area (Å²) in [6.07, 6.45) is 5.32. The standard InChI is InChI=1S/C25H28FN3O5/c26-19-8-6-18(7-9-19)24(32)29-21(22(30)27-15-20-5-2-14-33-20)16-34-25(29)10-12-28(13-11-25)23(31)17-3-1-4-17/h2,5-9,14,17,21H,1,3-4,10-13,15-16H2,(H,27,30). The third-order valence-electron chi connectivity index (χ3n) is 7.20. The molecule has 2 aliphatic heterocycles. The molecule has 3 fully saturated rings. The second-order valence-electron chi connectivity index (χ2n) is 9.21. The molecule has 2 saturated heterocycles. The molecule has 3 amide bonds. The zero-order valence-electron chi connectivity index (χ0n) is 18.9. The van der Waals surface area contributed by atoms with Crippen molar-refractivity contribution in [3.05, 3.63) is 59.8 Å². The third-order valence-corrected chi connectivity index (χ3v) is 7.20. The molecule has 9 heteroatoms. The van der Waals surface area contributed by atoms with Gasteiger partial charge in [0.05, 0.1) is 19.4 Å². The third kappa shape index (κ3) is 4.20. The highest BCUT2D eigenvalue weighted by Gasteiger charge is 2.54. The number of amides is 3. The predicted molar refractivity (Wildman–Crippen MR) is 119 cm³/mol. The van der Waals surface area contributed by atoms with E-state index in [1.807, 2.05) is 4.90 Å². The van der Waals surface area contributed by atoms with Gasteiger partial charge in [0.15, 0.2) is 0 Å². The van der Waals surface area contributed by atoms with Crippen LogP contribution in [-0.4, -0.2) is 59.0 Å². The molecule has 1 N–H and O–H groups in total. The Morgan fingerprint density at radius 3 is 2.44 bits per heavy atom. The molecule has 1 aliphatic carbocycles. The number of nitrogens with zero attached hydrogens (tertiary/aromatic N) is 2. The molecule has 0 radical (unpaired) electrons. The number of hydrogen-bond acceptors (Lipinski definition) is 5. The van der Waals surface area contributed by atoms with Gasteiger partial charge < -0.3 is 19.4 Å². The van der Waals surface area contributed by atoms with Crippen LogP contribution in [0.1, 0.15) is 48.2 Å². The number of ether oxygens (including phenoxy) is 1. The monoisotopic (exact) mass is 469 g/mol. The van der Waals surface area contributed by atoms with Gasteiger partial charge in [0.25, 0.3) is 5.91 Å². The van der Waals surface area contributed by atoms with Crippen molar-refractivity contribution >= 4 is 17.7 Å². The normalized spacial score (nSPS) is 22.0. The maximum Gasteiger partial charge on any atom is 0.256 e. The number of rotatable bonds is 5. The summed E-state index contributed by atoms with van der Waals surface area (Å²) in [6, 6.07) is 7.92. The Kier molecular flexibility index (Phi) is 6.12. The average Bonchev–Trinajstić information content (AvgIpc) is 3.45. The van der Waals surface area contributed by atoms with Gasteiger partial charge in [0, 0.05) is 37.4 Å². The van der Waals surface area contributed by atoms with Crippen LogP contribution in [0.25, 0.3) is 0 Å². The number of carbonyl (C=O) groups excluding carboxylic acids is 3. The van der Waals surface area contributed by atoms with Crippen LogP contribution in [0.2, 0.25) is 0 Å². The summed E-state index contributed by atoms with van der Waals surface area (Å²) in [4.78, 5) is 42.8. The summed E-state index contributed by atoms with van der Waals surface area (Å²) in [5, 5.41) is 2.82. The molecular formula is C25H28FN3O5. The first kappa shape index (κ1) is 22.6. The van der Waals surface area contributed by atoms with Gasteiger partial charge in [-0.3, -0.25) is 19.3 Å². The molecule has 1 saturated carbocycles. The first-order valence-corrected chi connectivity index (χ1v) is 11.8. The fourth-order valence-electron chi connectivity index (χ4n) is 4.99. The molecule has 1 spiro atoms. The van der Waals surface area contributed by atoms with Crippen LogP contribution in [0.3, 0.4) is 0 Å². The molecule has 1 aromatic carbocycles. The van der Waals surface area contributed by atoms with Crippen LogP contribution in [0.15, 0.2) is 47.1 Å². The highest BCUT2D eigenvalue weighted by Crippen LogP contribution is 2.39. The highest BCUT2D eigenvalue weighted by atomic mass is 19.1. The lowest BCUT2D eigenvalue weighted by Crippen LogP contribution is -2.60. The number of furan rings is 1. The lowest BCUT2D eigenvalue weighted by Gasteiger charge is -2.45. The molecular weight excluding hydrogens is 441 g/mol. The topological polar surface area (TPSA) is 92.1 Å². The van der Waals surface area contributed by atoms with Crippen LogP contribution >= 0.6 is 0 Å². The Labute approximate surface area is 197 Å². The fourth-order valence-corrected chi connectivity index (χ4v) is 4.99. The highest BCUT2D eigenvalue weighted by molar-refractivity contribution is 5.98. The molecule has 3 aliphatic rings. The number of carbonyl (C=O) groups is 3. The summed E-state index contributed by atoms with van der Waals surface area (Å²) in [5.41, 5.74) is -0.711. The van der Waals surface area contributed by atoms with Crippen LogP contribution in [0, 0.1) is 11.7 Å². The molecule has 34 heavy (non-hydrogen) atoms. The van der Waals surface area contributed by atoms with Crippen LogP contribution < -0.4 is 5.32 Å². The molecule has 1 aromatic heterocycles. The van der Waals surface area contributed by atoms with Crippen molar-refractivity contribution in [3.63, 3.8) is 0 Å². The number of benzene rings is 1. The maximum absolute atomic E-state index is 13.6. The zero-order chi connectivity index (χ0) is 23.7. The van der Waals surface area contributed by atoms with E-state index in [9.17, 15) is 18.8 Å².